The Bertz CT molecular complexity index is 478. The van der Waals surface area contributed by atoms with Crippen molar-refractivity contribution in [3.05, 3.63) is 29.6 Å². The van der Waals surface area contributed by atoms with E-state index in [0.717, 1.165) is 32.4 Å². The van der Waals surface area contributed by atoms with E-state index in [9.17, 15) is 9.18 Å². The van der Waals surface area contributed by atoms with Crippen LogP contribution >= 0.6 is 0 Å². The summed E-state index contributed by atoms with van der Waals surface area (Å²) >= 11 is 0. The zero-order valence-corrected chi connectivity index (χ0v) is 11.9. The van der Waals surface area contributed by atoms with Crippen LogP contribution in [-0.2, 0) is 0 Å². The molecule has 2 rings (SSSR count). The summed E-state index contributed by atoms with van der Waals surface area (Å²) in [6.07, 6.45) is 4.34. The molecule has 0 saturated carbocycles. The molecule has 0 bridgehead atoms. The Hall–Kier alpha value is -1.62. The Kier molecular flexibility index (Phi) is 4.95. The van der Waals surface area contributed by atoms with Crippen molar-refractivity contribution in [3.63, 3.8) is 0 Å². The summed E-state index contributed by atoms with van der Waals surface area (Å²) in [5, 5.41) is 3.14. The largest absolute Gasteiger partial charge is 0.366 e. The summed E-state index contributed by atoms with van der Waals surface area (Å²) in [5.41, 5.74) is 5.97. The van der Waals surface area contributed by atoms with E-state index in [2.05, 4.69) is 10.2 Å². The summed E-state index contributed by atoms with van der Waals surface area (Å²) in [6.45, 7) is 1.78. The first kappa shape index (κ1) is 14.8. The van der Waals surface area contributed by atoms with Gasteiger partial charge in [-0.15, -0.1) is 0 Å². The van der Waals surface area contributed by atoms with E-state index < -0.39 is 5.91 Å². The highest BCUT2D eigenvalue weighted by Crippen LogP contribution is 2.29. The van der Waals surface area contributed by atoms with Crippen molar-refractivity contribution >= 4 is 11.6 Å². The fraction of sp³-hybridized carbons (Fsp3) is 0.533. The van der Waals surface area contributed by atoms with Crippen LogP contribution in [0.15, 0.2) is 18.2 Å². The lowest BCUT2D eigenvalue weighted by atomic mass is 9.98. The molecule has 4 nitrogen and oxygen atoms in total. The van der Waals surface area contributed by atoms with Gasteiger partial charge in [0.05, 0.1) is 5.69 Å². The number of hydrogen-bond acceptors (Lipinski definition) is 3. The number of primary amides is 1. The number of anilines is 1. The summed E-state index contributed by atoms with van der Waals surface area (Å²) in [6, 6.07) is 4.86. The monoisotopic (exact) mass is 279 g/mol. The molecule has 1 fully saturated rings. The predicted octanol–water partition coefficient (Wildman–Crippen LogP) is 1.89. The minimum Gasteiger partial charge on any atom is -0.366 e. The number of amides is 1. The Morgan fingerprint density at radius 3 is 2.95 bits per heavy atom. The fourth-order valence-electron chi connectivity index (χ4n) is 2.82. The molecule has 1 aliphatic rings. The highest BCUT2D eigenvalue weighted by atomic mass is 19.1. The van der Waals surface area contributed by atoms with E-state index in [-0.39, 0.29) is 11.4 Å². The summed E-state index contributed by atoms with van der Waals surface area (Å²) in [4.78, 5) is 13.2. The summed E-state index contributed by atoms with van der Waals surface area (Å²) in [7, 11) is 1.93. The van der Waals surface area contributed by atoms with Crippen LogP contribution in [0.2, 0.25) is 0 Å². The second kappa shape index (κ2) is 6.70. The van der Waals surface area contributed by atoms with E-state index in [0.29, 0.717) is 11.7 Å². The van der Waals surface area contributed by atoms with Gasteiger partial charge < -0.3 is 16.0 Å². The molecule has 1 saturated heterocycles. The van der Waals surface area contributed by atoms with Crippen LogP contribution in [0.3, 0.4) is 0 Å². The zero-order chi connectivity index (χ0) is 14.5. The van der Waals surface area contributed by atoms with Crippen molar-refractivity contribution < 1.29 is 9.18 Å². The molecular weight excluding hydrogens is 257 g/mol. The summed E-state index contributed by atoms with van der Waals surface area (Å²) < 4.78 is 14.2. The van der Waals surface area contributed by atoms with Gasteiger partial charge in [0.2, 0.25) is 5.91 Å². The van der Waals surface area contributed by atoms with Gasteiger partial charge in [-0.1, -0.05) is 0 Å². The molecule has 1 heterocycles. The van der Waals surface area contributed by atoms with Gasteiger partial charge in [-0.05, 0) is 57.5 Å². The first-order chi connectivity index (χ1) is 9.63. The van der Waals surface area contributed by atoms with Crippen molar-refractivity contribution in [2.45, 2.75) is 31.7 Å². The predicted molar refractivity (Wildman–Crippen MR) is 78.4 cm³/mol. The van der Waals surface area contributed by atoms with Crippen molar-refractivity contribution in [2.24, 2.45) is 5.73 Å². The number of nitrogens with one attached hydrogen (secondary N) is 1. The van der Waals surface area contributed by atoms with Crippen LogP contribution in [0.4, 0.5) is 10.1 Å². The van der Waals surface area contributed by atoms with Crippen LogP contribution in [0.5, 0.6) is 0 Å². The normalized spacial score (nSPS) is 19.1. The van der Waals surface area contributed by atoms with Crippen LogP contribution in [-0.4, -0.2) is 32.1 Å². The van der Waals surface area contributed by atoms with E-state index in [1.165, 1.54) is 12.5 Å². The van der Waals surface area contributed by atoms with Gasteiger partial charge in [-0.25, -0.2) is 4.39 Å². The van der Waals surface area contributed by atoms with Crippen molar-refractivity contribution in [3.8, 4) is 0 Å². The quantitative estimate of drug-likeness (QED) is 0.865. The molecule has 1 unspecified atom stereocenters. The van der Waals surface area contributed by atoms with Gasteiger partial charge in [-0.2, -0.15) is 0 Å². The molecule has 0 radical (unpaired) electrons. The van der Waals surface area contributed by atoms with Crippen molar-refractivity contribution in [1.29, 1.82) is 0 Å². The molecule has 0 spiro atoms. The van der Waals surface area contributed by atoms with Crippen LogP contribution in [0, 0.1) is 5.82 Å². The first-order valence-electron chi connectivity index (χ1n) is 7.14. The zero-order valence-electron chi connectivity index (χ0n) is 11.9. The third-order valence-electron chi connectivity index (χ3n) is 3.90. The number of carbonyl (C=O) groups excluding carboxylic acids is 1. The molecule has 20 heavy (non-hydrogen) atoms. The topological polar surface area (TPSA) is 58.4 Å². The second-order valence-electron chi connectivity index (χ2n) is 5.27. The van der Waals surface area contributed by atoms with Gasteiger partial charge in [-0.3, -0.25) is 4.79 Å². The number of piperidine rings is 1. The molecule has 1 aromatic rings. The number of hydrogen-bond donors (Lipinski definition) is 2. The van der Waals surface area contributed by atoms with Gasteiger partial charge in [0.25, 0.3) is 0 Å². The molecule has 5 heteroatoms. The first-order valence-corrected chi connectivity index (χ1v) is 7.14. The molecule has 0 aliphatic carbocycles. The Morgan fingerprint density at radius 2 is 2.30 bits per heavy atom. The second-order valence-corrected chi connectivity index (χ2v) is 5.27. The highest BCUT2D eigenvalue weighted by Gasteiger charge is 2.24. The molecule has 1 amide bonds. The maximum Gasteiger partial charge on any atom is 0.248 e. The average molecular weight is 279 g/mol. The van der Waals surface area contributed by atoms with Gasteiger partial charge in [0.15, 0.2) is 0 Å². The van der Waals surface area contributed by atoms with Crippen LogP contribution in [0.25, 0.3) is 0 Å². The number of benzene rings is 1. The standard InChI is InChI=1S/C15H22FN3O/c1-18-8-7-12-4-2-3-9-19(12)14-6-5-11(15(17)20)10-13(14)16/h5-6,10,12,18H,2-4,7-9H2,1H3,(H2,17,20). The molecular formula is C15H22FN3O. The van der Waals surface area contributed by atoms with E-state index >= 15 is 0 Å². The number of carbonyl (C=O) groups is 1. The Balaban J connectivity index is 2.21. The SMILES string of the molecule is CNCCC1CCCCN1c1ccc(C(N)=O)cc1F. The molecule has 1 aliphatic heterocycles. The Labute approximate surface area is 119 Å². The lowest BCUT2D eigenvalue weighted by Gasteiger charge is -2.38. The van der Waals surface area contributed by atoms with Gasteiger partial charge in [0, 0.05) is 18.2 Å². The Morgan fingerprint density at radius 1 is 1.50 bits per heavy atom. The minimum absolute atomic E-state index is 0.218. The molecule has 1 aromatic carbocycles. The summed E-state index contributed by atoms with van der Waals surface area (Å²) in [5.74, 6) is -0.960. The molecule has 1 atom stereocenters. The van der Waals surface area contributed by atoms with Gasteiger partial charge >= 0.3 is 0 Å². The van der Waals surface area contributed by atoms with Crippen LogP contribution in [0.1, 0.15) is 36.0 Å². The lowest BCUT2D eigenvalue weighted by molar-refractivity contribution is 0.1000. The molecule has 3 N–H and O–H groups in total. The number of nitrogens with zero attached hydrogens (tertiary/aromatic N) is 1. The highest BCUT2D eigenvalue weighted by molar-refractivity contribution is 5.93. The number of rotatable bonds is 5. The van der Waals surface area contributed by atoms with E-state index in [4.69, 9.17) is 5.73 Å². The molecule has 0 aromatic heterocycles. The number of halogens is 1. The lowest BCUT2D eigenvalue weighted by Crippen LogP contribution is -2.41. The third-order valence-corrected chi connectivity index (χ3v) is 3.90. The maximum absolute atomic E-state index is 14.2. The maximum atomic E-state index is 14.2. The van der Waals surface area contributed by atoms with E-state index in [1.54, 1.807) is 12.1 Å². The van der Waals surface area contributed by atoms with Crippen LogP contribution < -0.4 is 16.0 Å². The fourth-order valence-corrected chi connectivity index (χ4v) is 2.82. The van der Waals surface area contributed by atoms with Gasteiger partial charge in [0.1, 0.15) is 5.82 Å². The average Bonchev–Trinajstić information content (AvgIpc) is 2.45. The third kappa shape index (κ3) is 3.28. The molecule has 110 valence electrons. The number of nitrogens with two attached hydrogens (primary N) is 1. The van der Waals surface area contributed by atoms with Crippen molar-refractivity contribution in [1.82, 2.24) is 5.32 Å². The smallest absolute Gasteiger partial charge is 0.248 e. The van der Waals surface area contributed by atoms with Crippen molar-refractivity contribution in [2.75, 3.05) is 25.0 Å². The minimum atomic E-state index is -0.596. The van der Waals surface area contributed by atoms with E-state index in [1.807, 2.05) is 7.05 Å².